The van der Waals surface area contributed by atoms with Crippen LogP contribution in [-0.4, -0.2) is 11.0 Å². The van der Waals surface area contributed by atoms with E-state index < -0.39 is 11.0 Å². The number of amides is 1. The molecular formula is C10H14N2O2S. The Morgan fingerprint density at radius 1 is 1.40 bits per heavy atom. The van der Waals surface area contributed by atoms with E-state index in [2.05, 4.69) is 12.6 Å². The molecule has 0 saturated carbocycles. The van der Waals surface area contributed by atoms with Crippen molar-refractivity contribution in [2.75, 3.05) is 5.01 Å². The van der Waals surface area contributed by atoms with Crippen molar-refractivity contribution in [1.29, 1.82) is 0 Å². The number of carbonyl (C=O) groups excluding carboxylic acids is 1. The van der Waals surface area contributed by atoms with Crippen LogP contribution in [0.3, 0.4) is 0 Å². The number of anilines is 1. The number of nitrogens with zero attached hydrogens (tertiary/aromatic N) is 1. The molecule has 0 heterocycles. The van der Waals surface area contributed by atoms with Gasteiger partial charge in [-0.15, -0.1) is 12.6 Å². The number of ether oxygens (including phenoxy) is 1. The lowest BCUT2D eigenvalue weighted by atomic mass is 10.3. The number of hydrogen-bond acceptors (Lipinski definition) is 4. The minimum Gasteiger partial charge on any atom is -0.431 e. The molecule has 4 nitrogen and oxygen atoms in total. The second-order valence-corrected chi connectivity index (χ2v) is 4.60. The van der Waals surface area contributed by atoms with Crippen LogP contribution in [0.4, 0.5) is 10.5 Å². The zero-order chi connectivity index (χ0) is 11.5. The fraction of sp³-hybridized carbons (Fsp3) is 0.300. The van der Waals surface area contributed by atoms with Crippen molar-refractivity contribution < 1.29 is 9.53 Å². The lowest BCUT2D eigenvalue weighted by molar-refractivity contribution is 0.105. The standard InChI is InChI=1S/C10H14N2O2S/c1-10(2,15)14-9(13)12(11)8-6-4-3-5-7-8/h3-7,15H,11H2,1-2H3. The van der Waals surface area contributed by atoms with Gasteiger partial charge in [-0.25, -0.2) is 15.6 Å². The van der Waals surface area contributed by atoms with Gasteiger partial charge < -0.3 is 4.74 Å². The zero-order valence-electron chi connectivity index (χ0n) is 8.68. The Balaban J connectivity index is 2.70. The minimum absolute atomic E-state index is 0.570. The number of hydrazine groups is 1. The summed E-state index contributed by atoms with van der Waals surface area (Å²) < 4.78 is 4.98. The van der Waals surface area contributed by atoms with Crippen molar-refractivity contribution >= 4 is 24.4 Å². The van der Waals surface area contributed by atoms with Gasteiger partial charge in [0.05, 0.1) is 5.69 Å². The first-order chi connectivity index (χ1) is 6.90. The van der Waals surface area contributed by atoms with E-state index in [0.29, 0.717) is 5.69 Å². The third kappa shape index (κ3) is 3.81. The van der Waals surface area contributed by atoms with E-state index >= 15 is 0 Å². The maximum Gasteiger partial charge on any atom is 0.430 e. The summed E-state index contributed by atoms with van der Waals surface area (Å²) >= 11 is 4.08. The molecule has 0 fully saturated rings. The van der Waals surface area contributed by atoms with E-state index in [0.717, 1.165) is 5.01 Å². The summed E-state index contributed by atoms with van der Waals surface area (Å²) in [7, 11) is 0. The number of carbonyl (C=O) groups is 1. The van der Waals surface area contributed by atoms with Crippen LogP contribution in [0.15, 0.2) is 30.3 Å². The molecule has 1 amide bonds. The Bertz CT molecular complexity index is 335. The molecule has 5 heteroatoms. The summed E-state index contributed by atoms with van der Waals surface area (Å²) in [6.45, 7) is 3.32. The van der Waals surface area contributed by atoms with Crippen molar-refractivity contribution in [2.45, 2.75) is 18.8 Å². The molecule has 0 spiro atoms. The molecule has 0 aliphatic rings. The molecule has 15 heavy (non-hydrogen) atoms. The molecule has 0 aromatic heterocycles. The predicted molar refractivity (Wildman–Crippen MR) is 62.7 cm³/mol. The Morgan fingerprint density at radius 3 is 2.40 bits per heavy atom. The van der Waals surface area contributed by atoms with Crippen molar-refractivity contribution in [3.63, 3.8) is 0 Å². The van der Waals surface area contributed by atoms with Crippen molar-refractivity contribution in [3.05, 3.63) is 30.3 Å². The summed E-state index contributed by atoms with van der Waals surface area (Å²) in [5, 5.41) is 0.942. The van der Waals surface area contributed by atoms with Gasteiger partial charge >= 0.3 is 6.09 Å². The maximum atomic E-state index is 11.5. The average Bonchev–Trinajstić information content (AvgIpc) is 2.15. The first-order valence-electron chi connectivity index (χ1n) is 4.45. The first kappa shape index (κ1) is 11.9. The fourth-order valence-corrected chi connectivity index (χ4v) is 1.03. The van der Waals surface area contributed by atoms with Crippen LogP contribution in [0.2, 0.25) is 0 Å². The van der Waals surface area contributed by atoms with E-state index in [4.69, 9.17) is 10.6 Å². The van der Waals surface area contributed by atoms with E-state index in [1.54, 1.807) is 38.1 Å². The molecule has 1 aromatic carbocycles. The molecule has 82 valence electrons. The highest BCUT2D eigenvalue weighted by atomic mass is 32.1. The largest absolute Gasteiger partial charge is 0.431 e. The van der Waals surface area contributed by atoms with Crippen LogP contribution >= 0.6 is 12.6 Å². The van der Waals surface area contributed by atoms with Gasteiger partial charge in [0.25, 0.3) is 0 Å². The van der Waals surface area contributed by atoms with Crippen molar-refractivity contribution in [2.24, 2.45) is 5.84 Å². The van der Waals surface area contributed by atoms with E-state index in [1.807, 2.05) is 6.07 Å². The highest BCUT2D eigenvalue weighted by molar-refractivity contribution is 7.81. The van der Waals surface area contributed by atoms with Crippen LogP contribution < -0.4 is 10.9 Å². The lowest BCUT2D eigenvalue weighted by Gasteiger charge is -2.23. The van der Waals surface area contributed by atoms with Gasteiger partial charge in [0, 0.05) is 0 Å². The van der Waals surface area contributed by atoms with E-state index in [1.165, 1.54) is 0 Å². The zero-order valence-corrected chi connectivity index (χ0v) is 9.57. The molecule has 0 aliphatic carbocycles. The topological polar surface area (TPSA) is 55.6 Å². The van der Waals surface area contributed by atoms with Crippen LogP contribution in [-0.2, 0) is 4.74 Å². The monoisotopic (exact) mass is 226 g/mol. The van der Waals surface area contributed by atoms with Crippen LogP contribution in [0.5, 0.6) is 0 Å². The Hall–Kier alpha value is -1.20. The van der Waals surface area contributed by atoms with Gasteiger partial charge in [0.15, 0.2) is 4.93 Å². The third-order valence-electron chi connectivity index (χ3n) is 1.57. The molecule has 0 radical (unpaired) electrons. The van der Waals surface area contributed by atoms with Crippen LogP contribution in [0, 0.1) is 0 Å². The van der Waals surface area contributed by atoms with E-state index in [-0.39, 0.29) is 0 Å². The van der Waals surface area contributed by atoms with Crippen molar-refractivity contribution in [3.8, 4) is 0 Å². The predicted octanol–water partition coefficient (Wildman–Crippen LogP) is 2.17. The highest BCUT2D eigenvalue weighted by Crippen LogP contribution is 2.17. The van der Waals surface area contributed by atoms with Gasteiger partial charge in [0.2, 0.25) is 0 Å². The summed E-state index contributed by atoms with van der Waals surface area (Å²) in [5.74, 6) is 5.57. The third-order valence-corrected chi connectivity index (χ3v) is 1.66. The molecule has 0 unspecified atom stereocenters. The van der Waals surface area contributed by atoms with Gasteiger partial charge in [-0.3, -0.25) is 0 Å². The molecule has 0 saturated heterocycles. The summed E-state index contributed by atoms with van der Waals surface area (Å²) in [6, 6.07) is 8.84. The molecular weight excluding hydrogens is 212 g/mol. The van der Waals surface area contributed by atoms with Gasteiger partial charge in [-0.2, -0.15) is 0 Å². The second-order valence-electron chi connectivity index (χ2n) is 3.52. The molecule has 0 atom stereocenters. The Morgan fingerprint density at radius 2 is 1.93 bits per heavy atom. The molecule has 0 bridgehead atoms. The summed E-state index contributed by atoms with van der Waals surface area (Å²) in [4.78, 5) is 10.6. The first-order valence-corrected chi connectivity index (χ1v) is 4.90. The number of nitrogens with two attached hydrogens (primary N) is 1. The van der Waals surface area contributed by atoms with Gasteiger partial charge in [-0.05, 0) is 26.0 Å². The number of para-hydroxylation sites is 1. The number of hydrogen-bond donors (Lipinski definition) is 2. The minimum atomic E-state index is -0.844. The Kier molecular flexibility index (Phi) is 3.60. The lowest BCUT2D eigenvalue weighted by Crippen LogP contribution is -2.41. The quantitative estimate of drug-likeness (QED) is 0.267. The highest BCUT2D eigenvalue weighted by Gasteiger charge is 2.21. The van der Waals surface area contributed by atoms with Crippen molar-refractivity contribution in [1.82, 2.24) is 0 Å². The van der Waals surface area contributed by atoms with Gasteiger partial charge in [-0.1, -0.05) is 18.2 Å². The summed E-state index contributed by atoms with van der Waals surface area (Å²) in [5.41, 5.74) is 0.570. The Labute approximate surface area is 94.4 Å². The normalized spacial score (nSPS) is 10.9. The fourth-order valence-electron chi connectivity index (χ4n) is 0.957. The molecule has 0 aliphatic heterocycles. The number of rotatable bonds is 2. The summed E-state index contributed by atoms with van der Waals surface area (Å²) in [6.07, 6.45) is -0.638. The molecule has 1 aromatic rings. The molecule has 1 rings (SSSR count). The number of benzene rings is 1. The van der Waals surface area contributed by atoms with E-state index in [9.17, 15) is 4.79 Å². The van der Waals surface area contributed by atoms with Gasteiger partial charge in [0.1, 0.15) is 0 Å². The number of thiol groups is 1. The smallest absolute Gasteiger partial charge is 0.430 e. The molecule has 2 N–H and O–H groups in total. The van der Waals surface area contributed by atoms with Crippen LogP contribution in [0.1, 0.15) is 13.8 Å². The second kappa shape index (κ2) is 4.55. The average molecular weight is 226 g/mol. The van der Waals surface area contributed by atoms with Crippen LogP contribution in [0.25, 0.3) is 0 Å². The SMILES string of the molecule is CC(C)(S)OC(=O)N(N)c1ccccc1. The maximum absolute atomic E-state index is 11.5.